The maximum absolute atomic E-state index is 6.03. The SMILES string of the molecule is ClC1CCOC2(CCC2)C1. The Morgan fingerprint density at radius 1 is 1.40 bits per heavy atom. The molecule has 1 aliphatic heterocycles. The fraction of sp³-hybridized carbons (Fsp3) is 1.00. The van der Waals surface area contributed by atoms with Crippen LogP contribution in [0.2, 0.25) is 0 Å². The highest BCUT2D eigenvalue weighted by Gasteiger charge is 2.41. The van der Waals surface area contributed by atoms with Crippen LogP contribution in [0.15, 0.2) is 0 Å². The average molecular weight is 161 g/mol. The third-order valence-corrected chi connectivity index (χ3v) is 3.07. The first kappa shape index (κ1) is 6.93. The van der Waals surface area contributed by atoms with Crippen LogP contribution < -0.4 is 0 Å². The van der Waals surface area contributed by atoms with Crippen molar-refractivity contribution in [1.82, 2.24) is 0 Å². The van der Waals surface area contributed by atoms with Gasteiger partial charge in [0, 0.05) is 12.0 Å². The van der Waals surface area contributed by atoms with Gasteiger partial charge < -0.3 is 4.74 Å². The smallest absolute Gasteiger partial charge is 0.0696 e. The van der Waals surface area contributed by atoms with Crippen LogP contribution in [0.4, 0.5) is 0 Å². The zero-order valence-electron chi connectivity index (χ0n) is 6.11. The van der Waals surface area contributed by atoms with Crippen LogP contribution in [-0.4, -0.2) is 17.6 Å². The van der Waals surface area contributed by atoms with Crippen molar-refractivity contribution in [2.45, 2.75) is 43.1 Å². The van der Waals surface area contributed by atoms with Gasteiger partial charge in [-0.2, -0.15) is 0 Å². The molecule has 0 amide bonds. The lowest BCUT2D eigenvalue weighted by Gasteiger charge is -2.45. The Hall–Kier alpha value is 0.250. The minimum absolute atomic E-state index is 0.241. The molecule has 0 aromatic carbocycles. The van der Waals surface area contributed by atoms with Crippen LogP contribution >= 0.6 is 11.6 Å². The summed E-state index contributed by atoms with van der Waals surface area (Å²) in [6.45, 7) is 0.883. The van der Waals surface area contributed by atoms with Crippen molar-refractivity contribution in [2.75, 3.05) is 6.61 Å². The van der Waals surface area contributed by atoms with Gasteiger partial charge in [0.2, 0.25) is 0 Å². The fourth-order valence-electron chi connectivity index (χ4n) is 1.89. The van der Waals surface area contributed by atoms with Gasteiger partial charge in [-0.15, -0.1) is 11.6 Å². The molecular formula is C8H13ClO. The van der Waals surface area contributed by atoms with Gasteiger partial charge in [0.1, 0.15) is 0 Å². The van der Waals surface area contributed by atoms with E-state index in [0.29, 0.717) is 5.38 Å². The third kappa shape index (κ3) is 1.06. The molecule has 0 radical (unpaired) electrons. The second-order valence-electron chi connectivity index (χ2n) is 3.48. The van der Waals surface area contributed by atoms with Gasteiger partial charge >= 0.3 is 0 Å². The van der Waals surface area contributed by atoms with E-state index in [1.54, 1.807) is 0 Å². The van der Waals surface area contributed by atoms with E-state index >= 15 is 0 Å². The van der Waals surface area contributed by atoms with Gasteiger partial charge in [-0.25, -0.2) is 0 Å². The number of rotatable bonds is 0. The van der Waals surface area contributed by atoms with Crippen LogP contribution in [-0.2, 0) is 4.74 Å². The molecule has 1 atom stereocenters. The van der Waals surface area contributed by atoms with Gasteiger partial charge in [0.05, 0.1) is 5.60 Å². The zero-order chi connectivity index (χ0) is 7.03. The molecule has 0 aromatic rings. The van der Waals surface area contributed by atoms with Crippen molar-refractivity contribution in [1.29, 1.82) is 0 Å². The summed E-state index contributed by atoms with van der Waals surface area (Å²) in [6.07, 6.45) is 5.97. The Labute approximate surface area is 66.7 Å². The molecule has 1 aliphatic carbocycles. The molecule has 2 aliphatic rings. The molecule has 2 fully saturated rings. The summed E-state index contributed by atoms with van der Waals surface area (Å²) in [5.41, 5.74) is 0.241. The van der Waals surface area contributed by atoms with E-state index in [2.05, 4.69) is 0 Å². The summed E-state index contributed by atoms with van der Waals surface area (Å²) in [5, 5.41) is 0.383. The highest BCUT2D eigenvalue weighted by Crippen LogP contribution is 2.43. The van der Waals surface area contributed by atoms with Crippen LogP contribution in [0, 0.1) is 0 Å². The van der Waals surface area contributed by atoms with Crippen molar-refractivity contribution in [3.05, 3.63) is 0 Å². The lowest BCUT2D eigenvalue weighted by atomic mass is 9.75. The van der Waals surface area contributed by atoms with Crippen molar-refractivity contribution in [3.63, 3.8) is 0 Å². The van der Waals surface area contributed by atoms with Crippen molar-refractivity contribution in [2.24, 2.45) is 0 Å². The fourth-order valence-corrected chi connectivity index (χ4v) is 2.26. The Kier molecular flexibility index (Phi) is 1.65. The monoisotopic (exact) mass is 160 g/mol. The summed E-state index contributed by atoms with van der Waals surface area (Å²) in [5.74, 6) is 0. The Balaban J connectivity index is 1.96. The summed E-state index contributed by atoms with van der Waals surface area (Å²) < 4.78 is 5.69. The predicted octanol–water partition coefficient (Wildman–Crippen LogP) is 2.33. The largest absolute Gasteiger partial charge is 0.375 e. The number of hydrogen-bond acceptors (Lipinski definition) is 1. The third-order valence-electron chi connectivity index (χ3n) is 2.70. The first-order valence-electron chi connectivity index (χ1n) is 4.09. The minimum Gasteiger partial charge on any atom is -0.375 e. The molecule has 1 nitrogen and oxygen atoms in total. The zero-order valence-corrected chi connectivity index (χ0v) is 6.86. The molecule has 2 rings (SSSR count). The topological polar surface area (TPSA) is 9.23 Å². The number of halogens is 1. The summed E-state index contributed by atoms with van der Waals surface area (Å²) in [6, 6.07) is 0. The van der Waals surface area contributed by atoms with Gasteiger partial charge in [-0.05, 0) is 32.1 Å². The number of alkyl halides is 1. The van der Waals surface area contributed by atoms with E-state index < -0.39 is 0 Å². The maximum Gasteiger partial charge on any atom is 0.0696 e. The lowest BCUT2D eigenvalue weighted by Crippen LogP contribution is -2.45. The highest BCUT2D eigenvalue weighted by molar-refractivity contribution is 6.20. The van der Waals surface area contributed by atoms with Gasteiger partial charge in [-0.1, -0.05) is 0 Å². The maximum atomic E-state index is 6.03. The number of ether oxygens (including phenoxy) is 1. The summed E-state index contributed by atoms with van der Waals surface area (Å²) in [4.78, 5) is 0. The molecule has 1 unspecified atom stereocenters. The molecule has 10 heavy (non-hydrogen) atoms. The normalized spacial score (nSPS) is 37.5. The highest BCUT2D eigenvalue weighted by atomic mass is 35.5. The van der Waals surface area contributed by atoms with Crippen molar-refractivity contribution >= 4 is 11.6 Å². The van der Waals surface area contributed by atoms with Crippen LogP contribution in [0.5, 0.6) is 0 Å². The second kappa shape index (κ2) is 2.38. The molecule has 1 saturated heterocycles. The van der Waals surface area contributed by atoms with Crippen LogP contribution in [0.25, 0.3) is 0 Å². The van der Waals surface area contributed by atoms with Gasteiger partial charge in [-0.3, -0.25) is 0 Å². The molecule has 0 aromatic heterocycles. The minimum atomic E-state index is 0.241. The van der Waals surface area contributed by atoms with E-state index in [1.807, 2.05) is 0 Å². The Morgan fingerprint density at radius 2 is 2.20 bits per heavy atom. The first-order chi connectivity index (χ1) is 4.81. The van der Waals surface area contributed by atoms with Gasteiger partial charge in [0.25, 0.3) is 0 Å². The van der Waals surface area contributed by atoms with Crippen molar-refractivity contribution in [3.8, 4) is 0 Å². The molecule has 1 heterocycles. The molecule has 1 saturated carbocycles. The van der Waals surface area contributed by atoms with Crippen molar-refractivity contribution < 1.29 is 4.74 Å². The van der Waals surface area contributed by atoms with E-state index in [-0.39, 0.29) is 5.60 Å². The summed E-state index contributed by atoms with van der Waals surface area (Å²) >= 11 is 6.03. The van der Waals surface area contributed by atoms with E-state index in [4.69, 9.17) is 16.3 Å². The first-order valence-corrected chi connectivity index (χ1v) is 4.52. The van der Waals surface area contributed by atoms with Crippen LogP contribution in [0.1, 0.15) is 32.1 Å². The molecular weight excluding hydrogens is 148 g/mol. The van der Waals surface area contributed by atoms with E-state index in [0.717, 1.165) is 19.4 Å². The van der Waals surface area contributed by atoms with Gasteiger partial charge in [0.15, 0.2) is 0 Å². The van der Waals surface area contributed by atoms with E-state index in [9.17, 15) is 0 Å². The quantitative estimate of drug-likeness (QED) is 0.495. The molecule has 0 bridgehead atoms. The van der Waals surface area contributed by atoms with Crippen LogP contribution in [0.3, 0.4) is 0 Å². The molecule has 1 spiro atoms. The lowest BCUT2D eigenvalue weighted by molar-refractivity contribution is -0.125. The average Bonchev–Trinajstić information content (AvgIpc) is 1.85. The Morgan fingerprint density at radius 3 is 2.60 bits per heavy atom. The predicted molar refractivity (Wildman–Crippen MR) is 41.4 cm³/mol. The second-order valence-corrected chi connectivity index (χ2v) is 4.09. The standard InChI is InChI=1S/C8H13ClO/c9-7-2-5-10-8(6-7)3-1-4-8/h7H,1-6H2. The summed E-state index contributed by atoms with van der Waals surface area (Å²) in [7, 11) is 0. The number of hydrogen-bond donors (Lipinski definition) is 0. The Bertz CT molecular complexity index is 131. The molecule has 2 heteroatoms. The molecule has 58 valence electrons. The van der Waals surface area contributed by atoms with E-state index in [1.165, 1.54) is 19.3 Å². The molecule has 0 N–H and O–H groups in total.